The molecule has 39 heavy (non-hydrogen) atoms. The number of halogens is 5. The Balaban J connectivity index is 1.93. The van der Waals surface area contributed by atoms with Gasteiger partial charge in [-0.3, -0.25) is 5.01 Å². The second-order valence-electron chi connectivity index (χ2n) is 8.47. The highest BCUT2D eigenvalue weighted by atomic mass is 35.5. The molecule has 0 aliphatic rings. The minimum atomic E-state index is -4.62. The maximum atomic E-state index is 13.5. The molecular weight excluding hydrogens is 570 g/mol. The van der Waals surface area contributed by atoms with E-state index in [2.05, 4.69) is 4.98 Å². The van der Waals surface area contributed by atoms with Crippen LogP contribution in [-0.2, 0) is 12.8 Å². The van der Waals surface area contributed by atoms with E-state index in [1.165, 1.54) is 34.5 Å². The first-order valence-corrected chi connectivity index (χ1v) is 13.4. The molecule has 5 N–H and O–H groups in total. The number of anilines is 1. The van der Waals surface area contributed by atoms with Crippen LogP contribution in [0.3, 0.4) is 0 Å². The van der Waals surface area contributed by atoms with Crippen molar-refractivity contribution in [3.8, 4) is 16.8 Å². The standard InChI is InChI=1S/C27H24Cl2F3N5OS/c1-15-35-26(27(30,31)32)13-36(15)22-8-5-17(18-9-21(29)20(14-38)25(11-18)39-2)10-23(22)37(34)24(12-33)16-3-6-19(28)7-4-16/h3-13,38H,14,33-34H2,1-2H3/b24-12-. The van der Waals surface area contributed by atoms with E-state index >= 15 is 0 Å². The molecule has 0 saturated carbocycles. The summed E-state index contributed by atoms with van der Waals surface area (Å²) < 4.78 is 41.7. The fourth-order valence-electron chi connectivity index (χ4n) is 4.13. The van der Waals surface area contributed by atoms with Crippen LogP contribution in [0.2, 0.25) is 10.0 Å². The molecule has 0 fully saturated rings. The van der Waals surface area contributed by atoms with Crippen molar-refractivity contribution in [2.75, 3.05) is 11.3 Å². The second-order valence-corrected chi connectivity index (χ2v) is 10.2. The second kappa shape index (κ2) is 11.5. The molecule has 0 aliphatic carbocycles. The Morgan fingerprint density at radius 1 is 1.10 bits per heavy atom. The number of aromatic nitrogens is 2. The van der Waals surface area contributed by atoms with Crippen molar-refractivity contribution in [3.05, 3.63) is 99.7 Å². The number of alkyl halides is 3. The number of thioether (sulfide) groups is 1. The Kier molecular flexibility index (Phi) is 8.53. The third kappa shape index (κ3) is 5.90. The number of rotatable bonds is 7. The van der Waals surface area contributed by atoms with E-state index in [0.717, 1.165) is 16.7 Å². The number of nitrogens with zero attached hydrogens (tertiary/aromatic N) is 3. The van der Waals surface area contributed by atoms with Crippen LogP contribution in [0.25, 0.3) is 22.5 Å². The SMILES string of the molecule is CSc1cc(-c2ccc(-n3cc(C(F)(F)F)nc3C)c(N(N)/C(=C\N)c3ccc(Cl)cc3)c2)cc(Cl)c1CO. The largest absolute Gasteiger partial charge is 0.434 e. The number of aryl methyl sites for hydroxylation is 1. The van der Waals surface area contributed by atoms with E-state index in [-0.39, 0.29) is 12.4 Å². The van der Waals surface area contributed by atoms with Crippen LogP contribution in [0.5, 0.6) is 0 Å². The first kappa shape index (κ1) is 28.8. The zero-order chi connectivity index (χ0) is 28.5. The number of nitrogens with two attached hydrogens (primary N) is 2. The Hall–Kier alpha value is -3.15. The predicted octanol–water partition coefficient (Wildman–Crippen LogP) is 7.02. The Morgan fingerprint density at radius 3 is 2.36 bits per heavy atom. The number of imidazole rings is 1. The molecule has 3 aromatic carbocycles. The lowest BCUT2D eigenvalue weighted by Crippen LogP contribution is -2.31. The van der Waals surface area contributed by atoms with Crippen LogP contribution in [0.1, 0.15) is 22.6 Å². The minimum absolute atomic E-state index is 0.120. The lowest BCUT2D eigenvalue weighted by molar-refractivity contribution is -0.141. The van der Waals surface area contributed by atoms with E-state index < -0.39 is 11.9 Å². The normalized spacial score (nSPS) is 12.2. The highest BCUT2D eigenvalue weighted by molar-refractivity contribution is 7.98. The topological polar surface area (TPSA) is 93.3 Å². The maximum Gasteiger partial charge on any atom is 0.434 e. The van der Waals surface area contributed by atoms with Crippen LogP contribution in [0, 0.1) is 6.92 Å². The molecule has 0 atom stereocenters. The van der Waals surface area contributed by atoms with Gasteiger partial charge in [-0.05, 0) is 60.7 Å². The van der Waals surface area contributed by atoms with Gasteiger partial charge in [0.15, 0.2) is 5.69 Å². The van der Waals surface area contributed by atoms with Crippen molar-refractivity contribution in [2.45, 2.75) is 24.6 Å². The molecule has 0 aliphatic heterocycles. The van der Waals surface area contributed by atoms with Crippen molar-refractivity contribution in [1.29, 1.82) is 0 Å². The smallest absolute Gasteiger partial charge is 0.403 e. The van der Waals surface area contributed by atoms with Crippen molar-refractivity contribution < 1.29 is 18.3 Å². The van der Waals surface area contributed by atoms with E-state index in [0.29, 0.717) is 43.8 Å². The number of benzene rings is 3. The van der Waals surface area contributed by atoms with Crippen LogP contribution >= 0.6 is 35.0 Å². The van der Waals surface area contributed by atoms with E-state index in [9.17, 15) is 18.3 Å². The van der Waals surface area contributed by atoms with Gasteiger partial charge in [-0.15, -0.1) is 11.8 Å². The van der Waals surface area contributed by atoms with Crippen LogP contribution < -0.4 is 16.6 Å². The molecule has 0 amide bonds. The molecule has 1 heterocycles. The molecule has 0 radical (unpaired) electrons. The van der Waals surface area contributed by atoms with Gasteiger partial charge in [0.2, 0.25) is 0 Å². The first-order valence-electron chi connectivity index (χ1n) is 11.5. The summed E-state index contributed by atoms with van der Waals surface area (Å²) in [5, 5.41) is 11.9. The highest BCUT2D eigenvalue weighted by Crippen LogP contribution is 2.38. The third-order valence-corrected chi connectivity index (χ3v) is 7.48. The Morgan fingerprint density at radius 2 is 1.79 bits per heavy atom. The number of hydrogen-bond acceptors (Lipinski definition) is 6. The molecule has 6 nitrogen and oxygen atoms in total. The zero-order valence-electron chi connectivity index (χ0n) is 20.8. The summed E-state index contributed by atoms with van der Waals surface area (Å²) in [5.74, 6) is 6.73. The molecule has 4 aromatic rings. The summed E-state index contributed by atoms with van der Waals surface area (Å²) in [4.78, 5) is 4.50. The lowest BCUT2D eigenvalue weighted by Gasteiger charge is -2.26. The van der Waals surface area contributed by atoms with Gasteiger partial charge in [-0.1, -0.05) is 41.4 Å². The van der Waals surface area contributed by atoms with Crippen molar-refractivity contribution >= 4 is 46.3 Å². The molecule has 204 valence electrons. The highest BCUT2D eigenvalue weighted by Gasteiger charge is 2.35. The minimum Gasteiger partial charge on any atom is -0.403 e. The molecular formula is C27H24Cl2F3N5OS. The summed E-state index contributed by atoms with van der Waals surface area (Å²) in [6.07, 6.45) is -0.520. The fraction of sp³-hybridized carbons (Fsp3) is 0.148. The van der Waals surface area contributed by atoms with Gasteiger partial charge in [0, 0.05) is 38.5 Å². The molecule has 1 aromatic heterocycles. The quantitative estimate of drug-likeness (QED) is 0.121. The van der Waals surface area contributed by atoms with Gasteiger partial charge in [-0.25, -0.2) is 10.8 Å². The van der Waals surface area contributed by atoms with Crippen LogP contribution in [-0.4, -0.2) is 20.9 Å². The molecule has 4 rings (SSSR count). The average Bonchev–Trinajstić information content (AvgIpc) is 3.31. The number of hydrogen-bond donors (Lipinski definition) is 3. The zero-order valence-corrected chi connectivity index (χ0v) is 23.1. The van der Waals surface area contributed by atoms with Crippen molar-refractivity contribution in [3.63, 3.8) is 0 Å². The van der Waals surface area contributed by atoms with Gasteiger partial charge in [-0.2, -0.15) is 13.2 Å². The van der Waals surface area contributed by atoms with E-state index in [1.54, 1.807) is 48.5 Å². The van der Waals surface area contributed by atoms with Crippen molar-refractivity contribution in [1.82, 2.24) is 9.55 Å². The number of hydrazine groups is 1. The van der Waals surface area contributed by atoms with Gasteiger partial charge in [0.05, 0.1) is 23.7 Å². The first-order chi connectivity index (χ1) is 18.5. The molecule has 12 heteroatoms. The van der Waals surface area contributed by atoms with Gasteiger partial charge in [0.25, 0.3) is 0 Å². The molecule has 0 unspecified atom stereocenters. The number of aliphatic hydroxyl groups excluding tert-OH is 1. The Bertz CT molecular complexity index is 1540. The molecule has 0 bridgehead atoms. The Labute approximate surface area is 237 Å². The van der Waals surface area contributed by atoms with Gasteiger partial charge >= 0.3 is 6.18 Å². The monoisotopic (exact) mass is 593 g/mol. The fourth-order valence-corrected chi connectivity index (χ4v) is 5.26. The van der Waals surface area contributed by atoms with E-state index in [1.807, 2.05) is 12.3 Å². The summed E-state index contributed by atoms with van der Waals surface area (Å²) in [5.41, 5.74) is 8.69. The van der Waals surface area contributed by atoms with Crippen molar-refractivity contribution in [2.24, 2.45) is 11.6 Å². The maximum absolute atomic E-state index is 13.5. The summed E-state index contributed by atoms with van der Waals surface area (Å²) >= 11 is 13.9. The van der Waals surface area contributed by atoms with Crippen LogP contribution in [0.15, 0.2) is 71.9 Å². The molecule has 0 saturated heterocycles. The summed E-state index contributed by atoms with van der Waals surface area (Å²) in [6.45, 7) is 1.26. The predicted molar refractivity (Wildman–Crippen MR) is 152 cm³/mol. The summed E-state index contributed by atoms with van der Waals surface area (Å²) in [6, 6.07) is 15.5. The van der Waals surface area contributed by atoms with Crippen LogP contribution in [0.4, 0.5) is 18.9 Å². The third-order valence-electron chi connectivity index (χ3n) is 6.09. The summed E-state index contributed by atoms with van der Waals surface area (Å²) in [7, 11) is 0. The van der Waals surface area contributed by atoms with Gasteiger partial charge < -0.3 is 15.4 Å². The lowest BCUT2D eigenvalue weighted by atomic mass is 10.0. The van der Waals surface area contributed by atoms with Gasteiger partial charge in [0.1, 0.15) is 5.82 Å². The van der Waals surface area contributed by atoms with E-state index in [4.69, 9.17) is 34.8 Å². The molecule has 0 spiro atoms. The average molecular weight is 594 g/mol. The number of aliphatic hydroxyl groups is 1.